The zero-order chi connectivity index (χ0) is 23.8. The summed E-state index contributed by atoms with van der Waals surface area (Å²) in [7, 11) is 0. The highest BCUT2D eigenvalue weighted by Crippen LogP contribution is 2.34. The maximum atomic E-state index is 13.2. The van der Waals surface area contributed by atoms with Crippen molar-refractivity contribution in [2.75, 3.05) is 11.1 Å². The van der Waals surface area contributed by atoms with Crippen molar-refractivity contribution in [3.8, 4) is 0 Å². The van der Waals surface area contributed by atoms with Crippen LogP contribution in [0.5, 0.6) is 0 Å². The number of hydrogen-bond acceptors (Lipinski definition) is 7. The minimum Gasteiger partial charge on any atom is -0.384 e. The molecule has 10 heteroatoms. The van der Waals surface area contributed by atoms with Crippen LogP contribution in [0.1, 0.15) is 29.1 Å². The number of nitrogens with two attached hydrogens (primary N) is 1. The third-order valence-corrected chi connectivity index (χ3v) is 7.33. The molecule has 174 valence electrons. The van der Waals surface area contributed by atoms with Crippen molar-refractivity contribution >= 4 is 50.4 Å². The molecular formula is C24H23ClN6O2S. The van der Waals surface area contributed by atoms with E-state index in [1.807, 2.05) is 36.4 Å². The van der Waals surface area contributed by atoms with E-state index in [-0.39, 0.29) is 30.0 Å². The van der Waals surface area contributed by atoms with Crippen LogP contribution in [0.2, 0.25) is 5.02 Å². The number of pyridine rings is 1. The highest BCUT2D eigenvalue weighted by atomic mass is 35.5. The van der Waals surface area contributed by atoms with Crippen LogP contribution >= 0.6 is 22.9 Å². The number of carbonyl (C=O) groups excluding carboxylic acids is 1. The average Bonchev–Trinajstić information content (AvgIpc) is 3.22. The number of aromatic nitrogens is 3. The van der Waals surface area contributed by atoms with Gasteiger partial charge in [-0.2, -0.15) is 0 Å². The van der Waals surface area contributed by atoms with Crippen molar-refractivity contribution < 1.29 is 4.79 Å². The largest absolute Gasteiger partial charge is 0.384 e. The van der Waals surface area contributed by atoms with E-state index in [2.05, 4.69) is 27.5 Å². The molecule has 34 heavy (non-hydrogen) atoms. The van der Waals surface area contributed by atoms with Crippen molar-refractivity contribution in [1.82, 2.24) is 19.9 Å². The van der Waals surface area contributed by atoms with Gasteiger partial charge in [0.1, 0.15) is 18.1 Å². The van der Waals surface area contributed by atoms with Crippen molar-refractivity contribution in [3.05, 3.63) is 80.4 Å². The van der Waals surface area contributed by atoms with Crippen molar-refractivity contribution in [2.45, 2.75) is 32.5 Å². The Balaban J connectivity index is 1.29. The number of halogens is 1. The molecule has 4 N–H and O–H groups in total. The Hall–Kier alpha value is -3.43. The summed E-state index contributed by atoms with van der Waals surface area (Å²) in [5.74, 6) is 0.439. The Morgan fingerprint density at radius 3 is 2.88 bits per heavy atom. The van der Waals surface area contributed by atoms with Gasteiger partial charge >= 0.3 is 0 Å². The number of rotatable bonds is 5. The molecule has 4 heterocycles. The van der Waals surface area contributed by atoms with E-state index in [0.29, 0.717) is 29.5 Å². The van der Waals surface area contributed by atoms with E-state index in [9.17, 15) is 9.59 Å². The molecule has 0 unspecified atom stereocenters. The van der Waals surface area contributed by atoms with E-state index in [1.165, 1.54) is 10.9 Å². The SMILES string of the molecule is C[C@H]1Cc2ncn(CC(=O)NCc3cc4cnc(N)cc4s3)c(=O)c2N[C@@H]1c1ccc(Cl)cc1. The number of hydrogen-bond donors (Lipinski definition) is 3. The zero-order valence-electron chi connectivity index (χ0n) is 18.4. The Kier molecular flexibility index (Phi) is 5.97. The molecule has 4 aromatic rings. The molecule has 1 aromatic carbocycles. The summed E-state index contributed by atoms with van der Waals surface area (Å²) < 4.78 is 2.36. The second-order valence-electron chi connectivity index (χ2n) is 8.49. The molecule has 3 aromatic heterocycles. The first-order valence-electron chi connectivity index (χ1n) is 10.9. The second kappa shape index (κ2) is 9.08. The van der Waals surface area contributed by atoms with Gasteiger partial charge in [0.05, 0.1) is 24.6 Å². The second-order valence-corrected chi connectivity index (χ2v) is 10.1. The fourth-order valence-electron chi connectivity index (χ4n) is 4.23. The highest BCUT2D eigenvalue weighted by Gasteiger charge is 2.29. The Morgan fingerprint density at radius 2 is 2.09 bits per heavy atom. The molecule has 0 saturated heterocycles. The number of nitrogens with one attached hydrogen (secondary N) is 2. The van der Waals surface area contributed by atoms with Crippen LogP contribution in [0.25, 0.3) is 10.1 Å². The van der Waals surface area contributed by atoms with Crippen molar-refractivity contribution in [1.29, 1.82) is 0 Å². The van der Waals surface area contributed by atoms with Crippen LogP contribution in [0.4, 0.5) is 11.5 Å². The lowest BCUT2D eigenvalue weighted by Gasteiger charge is -2.32. The smallest absolute Gasteiger partial charge is 0.277 e. The number of thiophene rings is 1. The third kappa shape index (κ3) is 4.49. The predicted octanol–water partition coefficient (Wildman–Crippen LogP) is 3.75. The molecule has 0 fully saturated rings. The molecule has 1 aliphatic heterocycles. The van der Waals surface area contributed by atoms with Crippen molar-refractivity contribution in [2.24, 2.45) is 5.92 Å². The molecule has 1 aliphatic rings. The number of fused-ring (bicyclic) bond motifs is 2. The van der Waals surface area contributed by atoms with E-state index < -0.39 is 0 Å². The summed E-state index contributed by atoms with van der Waals surface area (Å²) in [6.45, 7) is 2.37. The lowest BCUT2D eigenvalue weighted by Crippen LogP contribution is -2.37. The fourth-order valence-corrected chi connectivity index (χ4v) is 5.37. The van der Waals surface area contributed by atoms with Crippen LogP contribution < -0.4 is 21.9 Å². The van der Waals surface area contributed by atoms with Gasteiger partial charge in [-0.25, -0.2) is 9.97 Å². The van der Waals surface area contributed by atoms with Gasteiger partial charge < -0.3 is 16.4 Å². The van der Waals surface area contributed by atoms with Gasteiger partial charge in [-0.15, -0.1) is 11.3 Å². The first-order chi connectivity index (χ1) is 16.4. The Bertz CT molecular complexity index is 1430. The lowest BCUT2D eigenvalue weighted by molar-refractivity contribution is -0.121. The Morgan fingerprint density at radius 1 is 1.29 bits per heavy atom. The van der Waals surface area contributed by atoms with Crippen LogP contribution in [0.15, 0.2) is 53.7 Å². The van der Waals surface area contributed by atoms with Crippen LogP contribution in [-0.4, -0.2) is 20.4 Å². The van der Waals surface area contributed by atoms with E-state index >= 15 is 0 Å². The van der Waals surface area contributed by atoms with Gasteiger partial charge in [0.2, 0.25) is 5.91 Å². The van der Waals surface area contributed by atoms with Crippen LogP contribution in [-0.2, 0) is 24.3 Å². The van der Waals surface area contributed by atoms with Gasteiger partial charge in [-0.1, -0.05) is 30.7 Å². The maximum Gasteiger partial charge on any atom is 0.277 e. The molecule has 0 radical (unpaired) electrons. The van der Waals surface area contributed by atoms with E-state index in [4.69, 9.17) is 17.3 Å². The van der Waals surface area contributed by atoms with Gasteiger partial charge in [0, 0.05) is 26.2 Å². The van der Waals surface area contributed by atoms with E-state index in [1.54, 1.807) is 17.5 Å². The van der Waals surface area contributed by atoms with Gasteiger partial charge in [0.25, 0.3) is 5.56 Å². The minimum atomic E-state index is -0.266. The lowest BCUT2D eigenvalue weighted by atomic mass is 9.87. The Labute approximate surface area is 204 Å². The first kappa shape index (κ1) is 22.4. The number of benzene rings is 1. The summed E-state index contributed by atoms with van der Waals surface area (Å²) >= 11 is 7.57. The number of carbonyl (C=O) groups is 1. The molecular weight excluding hydrogens is 472 g/mol. The van der Waals surface area contributed by atoms with Gasteiger partial charge in [0.15, 0.2) is 0 Å². The summed E-state index contributed by atoms with van der Waals surface area (Å²) in [5.41, 5.74) is 7.70. The average molecular weight is 495 g/mol. The highest BCUT2D eigenvalue weighted by molar-refractivity contribution is 7.19. The zero-order valence-corrected chi connectivity index (χ0v) is 20.0. The normalized spacial score (nSPS) is 17.2. The summed E-state index contributed by atoms with van der Waals surface area (Å²) in [6, 6.07) is 11.4. The molecule has 5 rings (SSSR count). The minimum absolute atomic E-state index is 0.0413. The maximum absolute atomic E-state index is 13.2. The van der Waals surface area contributed by atoms with Crippen LogP contribution in [0, 0.1) is 5.92 Å². The molecule has 8 nitrogen and oxygen atoms in total. The summed E-state index contributed by atoms with van der Waals surface area (Å²) in [5, 5.41) is 7.88. The van der Waals surface area contributed by atoms with Gasteiger partial charge in [-0.3, -0.25) is 14.2 Å². The number of nitrogen functional groups attached to an aromatic ring is 1. The molecule has 2 atom stereocenters. The molecule has 1 amide bonds. The molecule has 0 bridgehead atoms. The quantitative estimate of drug-likeness (QED) is 0.389. The molecule has 0 aliphatic carbocycles. The first-order valence-corrected chi connectivity index (χ1v) is 12.1. The monoisotopic (exact) mass is 494 g/mol. The van der Waals surface area contributed by atoms with Crippen molar-refractivity contribution in [3.63, 3.8) is 0 Å². The number of amides is 1. The predicted molar refractivity (Wildman–Crippen MR) is 135 cm³/mol. The molecule has 0 saturated carbocycles. The number of nitrogens with zero attached hydrogens (tertiary/aromatic N) is 3. The van der Waals surface area contributed by atoms with Crippen LogP contribution in [0.3, 0.4) is 0 Å². The van der Waals surface area contributed by atoms with Gasteiger partial charge in [-0.05, 0) is 42.2 Å². The fraction of sp³-hybridized carbons (Fsp3) is 0.250. The summed E-state index contributed by atoms with van der Waals surface area (Å²) in [6.07, 6.45) is 3.84. The molecule has 0 spiro atoms. The van der Waals surface area contributed by atoms with E-state index in [0.717, 1.165) is 26.2 Å². The standard InChI is InChI=1S/C24H23ClN6O2S/c1-13-6-18-23(30-22(13)14-2-4-16(25)5-3-14)24(33)31(12-29-18)11-21(32)28-10-17-7-15-9-27-20(26)8-19(15)34-17/h2-5,7-9,12-13,22,30H,6,10-11H2,1H3,(H2,26,27)(H,28,32)/t13-,22-/m0/s1. The number of anilines is 2. The third-order valence-electron chi connectivity index (χ3n) is 5.98. The topological polar surface area (TPSA) is 115 Å². The summed E-state index contributed by atoms with van der Waals surface area (Å²) in [4.78, 5) is 35.3.